The number of nitro benzene ring substituents is 1. The molecule has 2 aromatic carbocycles. The van der Waals surface area contributed by atoms with Crippen LogP contribution in [-0.2, 0) is 9.53 Å². The van der Waals surface area contributed by atoms with Crippen molar-refractivity contribution in [2.45, 2.75) is 26.9 Å². The normalized spacial score (nSPS) is 11.6. The molecule has 154 valence electrons. The van der Waals surface area contributed by atoms with E-state index in [1.807, 2.05) is 26.0 Å². The van der Waals surface area contributed by atoms with Crippen LogP contribution in [0.1, 0.15) is 28.7 Å². The molecule has 1 atom stereocenters. The van der Waals surface area contributed by atoms with E-state index < -0.39 is 22.9 Å². The number of nitrogens with zero attached hydrogens (tertiary/aromatic N) is 2. The molecule has 3 rings (SSSR count). The molecule has 0 fully saturated rings. The van der Waals surface area contributed by atoms with Crippen LogP contribution >= 0.6 is 0 Å². The number of anilines is 1. The van der Waals surface area contributed by atoms with E-state index in [9.17, 15) is 19.7 Å². The van der Waals surface area contributed by atoms with Gasteiger partial charge >= 0.3 is 5.97 Å². The van der Waals surface area contributed by atoms with Crippen LogP contribution in [0.15, 0.2) is 60.7 Å². The number of aromatic nitrogens is 1. The van der Waals surface area contributed by atoms with Gasteiger partial charge in [0, 0.05) is 23.1 Å². The second-order valence-corrected chi connectivity index (χ2v) is 6.81. The number of benzene rings is 2. The third-order valence-corrected chi connectivity index (χ3v) is 4.64. The van der Waals surface area contributed by atoms with Crippen LogP contribution in [0.4, 0.5) is 11.4 Å². The van der Waals surface area contributed by atoms with Crippen molar-refractivity contribution in [1.82, 2.24) is 4.57 Å². The summed E-state index contributed by atoms with van der Waals surface area (Å²) in [6, 6.07) is 16.6. The quantitative estimate of drug-likeness (QED) is 0.375. The number of nitrogens with one attached hydrogen (secondary N) is 1. The number of rotatable bonds is 6. The van der Waals surface area contributed by atoms with E-state index in [1.54, 1.807) is 30.3 Å². The zero-order valence-electron chi connectivity index (χ0n) is 16.8. The number of ether oxygens (including phenoxy) is 1. The first-order chi connectivity index (χ1) is 14.3. The molecular formula is C22H21N3O5. The molecule has 30 heavy (non-hydrogen) atoms. The maximum atomic E-state index is 12.4. The predicted molar refractivity (Wildman–Crippen MR) is 112 cm³/mol. The lowest BCUT2D eigenvalue weighted by molar-refractivity contribution is -0.383. The van der Waals surface area contributed by atoms with Crippen LogP contribution in [0.3, 0.4) is 0 Å². The number of aryl methyl sites for hydroxylation is 2. The molecule has 0 saturated heterocycles. The average Bonchev–Trinajstić information content (AvgIpc) is 3.06. The summed E-state index contributed by atoms with van der Waals surface area (Å²) < 4.78 is 7.27. The maximum Gasteiger partial charge on any atom is 0.338 e. The van der Waals surface area contributed by atoms with Crippen LogP contribution in [0.5, 0.6) is 0 Å². The lowest BCUT2D eigenvalue weighted by Gasteiger charge is -2.14. The number of hydrogen-bond acceptors (Lipinski definition) is 5. The van der Waals surface area contributed by atoms with Gasteiger partial charge in [-0.2, -0.15) is 0 Å². The summed E-state index contributed by atoms with van der Waals surface area (Å²) in [6.45, 7) is 5.39. The number of amides is 1. The Hall–Kier alpha value is -3.94. The molecule has 8 nitrogen and oxygen atoms in total. The van der Waals surface area contributed by atoms with E-state index in [4.69, 9.17) is 4.74 Å². The average molecular weight is 407 g/mol. The van der Waals surface area contributed by atoms with Crippen molar-refractivity contribution in [2.24, 2.45) is 0 Å². The van der Waals surface area contributed by atoms with Crippen LogP contribution in [-0.4, -0.2) is 27.5 Å². The van der Waals surface area contributed by atoms with E-state index in [1.165, 1.54) is 25.1 Å². The fourth-order valence-corrected chi connectivity index (χ4v) is 3.08. The Labute approximate surface area is 173 Å². The largest absolute Gasteiger partial charge is 0.449 e. The van der Waals surface area contributed by atoms with Gasteiger partial charge in [0.1, 0.15) is 5.69 Å². The third-order valence-electron chi connectivity index (χ3n) is 4.64. The van der Waals surface area contributed by atoms with Crippen molar-refractivity contribution < 1.29 is 19.2 Å². The van der Waals surface area contributed by atoms with Gasteiger partial charge in [-0.15, -0.1) is 0 Å². The van der Waals surface area contributed by atoms with E-state index >= 15 is 0 Å². The monoisotopic (exact) mass is 407 g/mol. The Balaban J connectivity index is 1.67. The minimum Gasteiger partial charge on any atom is -0.449 e. The second-order valence-electron chi connectivity index (χ2n) is 6.81. The van der Waals surface area contributed by atoms with Crippen molar-refractivity contribution in [2.75, 3.05) is 5.32 Å². The SMILES string of the molecule is Cc1ccc(C)n1-c1ccc(C(=O)OC(C)C(=O)Nc2ccccc2[N+](=O)[O-])cc1. The summed E-state index contributed by atoms with van der Waals surface area (Å²) in [4.78, 5) is 35.2. The molecule has 0 aliphatic carbocycles. The topological polar surface area (TPSA) is 103 Å². The summed E-state index contributed by atoms with van der Waals surface area (Å²) in [5.74, 6) is -1.32. The van der Waals surface area contributed by atoms with Gasteiger partial charge in [0.05, 0.1) is 10.5 Å². The molecule has 1 unspecified atom stereocenters. The second kappa shape index (κ2) is 8.60. The van der Waals surface area contributed by atoms with E-state index in [-0.39, 0.29) is 11.4 Å². The van der Waals surface area contributed by atoms with Crippen LogP contribution in [0, 0.1) is 24.0 Å². The maximum absolute atomic E-state index is 12.4. The molecule has 1 heterocycles. The van der Waals surface area contributed by atoms with Gasteiger partial charge in [-0.25, -0.2) is 4.79 Å². The Morgan fingerprint density at radius 3 is 2.20 bits per heavy atom. The number of hydrogen-bond donors (Lipinski definition) is 1. The highest BCUT2D eigenvalue weighted by molar-refractivity contribution is 5.98. The molecule has 0 saturated carbocycles. The van der Waals surface area contributed by atoms with Crippen molar-refractivity contribution >= 4 is 23.3 Å². The number of para-hydroxylation sites is 2. The van der Waals surface area contributed by atoms with Crippen molar-refractivity contribution in [1.29, 1.82) is 0 Å². The Morgan fingerprint density at radius 1 is 1.00 bits per heavy atom. The summed E-state index contributed by atoms with van der Waals surface area (Å²) in [5.41, 5.74) is 3.15. The molecule has 0 bridgehead atoms. The van der Waals surface area contributed by atoms with E-state index in [0.717, 1.165) is 17.1 Å². The highest BCUT2D eigenvalue weighted by Gasteiger charge is 2.22. The molecule has 1 aromatic heterocycles. The molecule has 0 spiro atoms. The van der Waals surface area contributed by atoms with Gasteiger partial charge in [0.15, 0.2) is 6.10 Å². The van der Waals surface area contributed by atoms with E-state index in [2.05, 4.69) is 9.88 Å². The molecule has 3 aromatic rings. The molecule has 0 aliphatic rings. The lowest BCUT2D eigenvalue weighted by atomic mass is 10.2. The van der Waals surface area contributed by atoms with Gasteiger partial charge in [-0.1, -0.05) is 12.1 Å². The molecule has 8 heteroatoms. The van der Waals surface area contributed by atoms with Gasteiger partial charge < -0.3 is 14.6 Å². The van der Waals surface area contributed by atoms with Crippen molar-refractivity contribution in [3.05, 3.63) is 87.7 Å². The summed E-state index contributed by atoms with van der Waals surface area (Å²) >= 11 is 0. The summed E-state index contributed by atoms with van der Waals surface area (Å²) in [5, 5.41) is 13.5. The number of nitro groups is 1. The Bertz CT molecular complexity index is 1080. The van der Waals surface area contributed by atoms with Gasteiger partial charge in [-0.3, -0.25) is 14.9 Å². The number of esters is 1. The van der Waals surface area contributed by atoms with Crippen LogP contribution < -0.4 is 5.32 Å². The lowest BCUT2D eigenvalue weighted by Crippen LogP contribution is -2.30. The summed E-state index contributed by atoms with van der Waals surface area (Å²) in [7, 11) is 0. The van der Waals surface area contributed by atoms with Gasteiger partial charge in [-0.05, 0) is 63.2 Å². The molecule has 0 radical (unpaired) electrons. The van der Waals surface area contributed by atoms with Crippen molar-refractivity contribution in [3.8, 4) is 5.69 Å². The smallest absolute Gasteiger partial charge is 0.338 e. The van der Waals surface area contributed by atoms with Gasteiger partial charge in [0.25, 0.3) is 11.6 Å². The summed E-state index contributed by atoms with van der Waals surface area (Å²) in [6.07, 6.45) is -1.13. The zero-order valence-corrected chi connectivity index (χ0v) is 16.8. The van der Waals surface area contributed by atoms with E-state index in [0.29, 0.717) is 5.56 Å². The molecule has 1 N–H and O–H groups in total. The first-order valence-corrected chi connectivity index (χ1v) is 9.28. The van der Waals surface area contributed by atoms with Crippen molar-refractivity contribution in [3.63, 3.8) is 0 Å². The third kappa shape index (κ3) is 4.38. The van der Waals surface area contributed by atoms with Crippen LogP contribution in [0.2, 0.25) is 0 Å². The standard InChI is InChI=1S/C22H21N3O5/c1-14-8-9-15(2)24(14)18-12-10-17(11-13-18)22(27)30-16(3)21(26)23-19-6-4-5-7-20(19)25(28)29/h4-13,16H,1-3H3,(H,23,26). The predicted octanol–water partition coefficient (Wildman–Crippen LogP) is 4.19. The van der Waals surface area contributed by atoms with Crippen LogP contribution in [0.25, 0.3) is 5.69 Å². The minimum atomic E-state index is -1.13. The fourth-order valence-electron chi connectivity index (χ4n) is 3.08. The highest BCUT2D eigenvalue weighted by Crippen LogP contribution is 2.23. The number of carbonyl (C=O) groups excluding carboxylic acids is 2. The first-order valence-electron chi connectivity index (χ1n) is 9.28. The fraction of sp³-hybridized carbons (Fsp3) is 0.182. The van der Waals surface area contributed by atoms with Gasteiger partial charge in [0.2, 0.25) is 0 Å². The molecular weight excluding hydrogens is 386 g/mol. The number of carbonyl (C=O) groups is 2. The minimum absolute atomic E-state index is 0.0391. The Morgan fingerprint density at radius 2 is 1.60 bits per heavy atom. The molecule has 1 amide bonds. The highest BCUT2D eigenvalue weighted by atomic mass is 16.6. The first kappa shape index (κ1) is 20.8. The Kier molecular flexibility index (Phi) is 5.96. The molecule has 0 aliphatic heterocycles. The zero-order chi connectivity index (χ0) is 21.8.